The fourth-order valence-corrected chi connectivity index (χ4v) is 2.52. The molecule has 6 heteroatoms. The minimum atomic E-state index is 0.487. The summed E-state index contributed by atoms with van der Waals surface area (Å²) < 4.78 is 4.95. The van der Waals surface area contributed by atoms with Crippen molar-refractivity contribution in [3.8, 4) is 0 Å². The molecule has 15 heavy (non-hydrogen) atoms. The van der Waals surface area contributed by atoms with Crippen LogP contribution in [0.2, 0.25) is 0 Å². The van der Waals surface area contributed by atoms with Crippen molar-refractivity contribution in [2.45, 2.75) is 13.0 Å². The molecular formula is C9H20N4OS. The summed E-state index contributed by atoms with van der Waals surface area (Å²) in [6, 6.07) is 0.487. The zero-order chi connectivity index (χ0) is 11.1. The standard InChI is InChI=1S/C9H20N4OS/c1-8-7-15-6-4-13(8)9(12-10)11-3-5-14-2/h8H,3-7,10H2,1-2H3,(H,11,12). The van der Waals surface area contributed by atoms with E-state index in [0.717, 1.165) is 24.0 Å². The lowest BCUT2D eigenvalue weighted by molar-refractivity contribution is 0.207. The molecule has 1 rings (SSSR count). The van der Waals surface area contributed by atoms with E-state index in [0.29, 0.717) is 19.2 Å². The van der Waals surface area contributed by atoms with E-state index in [-0.39, 0.29) is 0 Å². The predicted molar refractivity (Wildman–Crippen MR) is 65.0 cm³/mol. The third-order valence-electron chi connectivity index (χ3n) is 2.33. The first-order valence-electron chi connectivity index (χ1n) is 5.14. The van der Waals surface area contributed by atoms with E-state index in [1.54, 1.807) is 7.11 Å². The third kappa shape index (κ3) is 3.89. The van der Waals surface area contributed by atoms with Crippen LogP contribution < -0.4 is 11.3 Å². The summed E-state index contributed by atoms with van der Waals surface area (Å²) in [5, 5.41) is 0. The molecule has 3 N–H and O–H groups in total. The average molecular weight is 232 g/mol. The van der Waals surface area contributed by atoms with E-state index in [1.165, 1.54) is 0 Å². The van der Waals surface area contributed by atoms with Crippen LogP contribution in [-0.4, -0.2) is 55.2 Å². The Morgan fingerprint density at radius 3 is 3.13 bits per heavy atom. The van der Waals surface area contributed by atoms with Gasteiger partial charge in [0, 0.05) is 31.2 Å². The Kier molecular flexibility index (Phi) is 5.82. The summed E-state index contributed by atoms with van der Waals surface area (Å²) in [6.07, 6.45) is 0. The number of thioether (sulfide) groups is 1. The Morgan fingerprint density at radius 2 is 2.53 bits per heavy atom. The Bertz CT molecular complexity index is 212. The van der Waals surface area contributed by atoms with E-state index < -0.39 is 0 Å². The first-order chi connectivity index (χ1) is 7.29. The van der Waals surface area contributed by atoms with Crippen molar-refractivity contribution in [1.82, 2.24) is 10.3 Å². The molecule has 0 amide bonds. The molecular weight excluding hydrogens is 212 g/mol. The van der Waals surface area contributed by atoms with Crippen molar-refractivity contribution in [1.29, 1.82) is 0 Å². The molecule has 0 aromatic carbocycles. The zero-order valence-corrected chi connectivity index (χ0v) is 10.2. The highest BCUT2D eigenvalue weighted by atomic mass is 32.2. The van der Waals surface area contributed by atoms with Crippen LogP contribution in [0.25, 0.3) is 0 Å². The van der Waals surface area contributed by atoms with Crippen molar-refractivity contribution in [3.05, 3.63) is 0 Å². The fourth-order valence-electron chi connectivity index (χ4n) is 1.50. The van der Waals surface area contributed by atoms with Crippen molar-refractivity contribution in [2.75, 3.05) is 38.3 Å². The molecule has 0 saturated carbocycles. The van der Waals surface area contributed by atoms with Gasteiger partial charge in [-0.25, -0.2) is 10.8 Å². The molecule has 1 fully saturated rings. The van der Waals surface area contributed by atoms with E-state index in [9.17, 15) is 0 Å². The molecule has 0 radical (unpaired) electrons. The number of hydrogen-bond acceptors (Lipinski definition) is 4. The maximum atomic E-state index is 5.48. The lowest BCUT2D eigenvalue weighted by atomic mass is 10.3. The van der Waals surface area contributed by atoms with Gasteiger partial charge in [0.1, 0.15) is 0 Å². The second-order valence-corrected chi connectivity index (χ2v) is 4.61. The van der Waals surface area contributed by atoms with Crippen LogP contribution in [0.4, 0.5) is 0 Å². The summed E-state index contributed by atoms with van der Waals surface area (Å²) >= 11 is 1.97. The minimum absolute atomic E-state index is 0.487. The van der Waals surface area contributed by atoms with Crippen molar-refractivity contribution in [2.24, 2.45) is 10.8 Å². The van der Waals surface area contributed by atoms with Crippen LogP contribution in [0.1, 0.15) is 6.92 Å². The van der Waals surface area contributed by atoms with Gasteiger partial charge >= 0.3 is 0 Å². The van der Waals surface area contributed by atoms with E-state index in [1.807, 2.05) is 11.8 Å². The second-order valence-electron chi connectivity index (χ2n) is 3.46. The normalized spacial score (nSPS) is 23.0. The van der Waals surface area contributed by atoms with Gasteiger partial charge in [-0.2, -0.15) is 11.8 Å². The number of guanidine groups is 1. The maximum absolute atomic E-state index is 5.48. The smallest absolute Gasteiger partial charge is 0.208 e. The highest BCUT2D eigenvalue weighted by molar-refractivity contribution is 7.99. The monoisotopic (exact) mass is 232 g/mol. The second kappa shape index (κ2) is 6.92. The summed E-state index contributed by atoms with van der Waals surface area (Å²) in [5.74, 6) is 8.52. The summed E-state index contributed by atoms with van der Waals surface area (Å²) in [4.78, 5) is 6.59. The van der Waals surface area contributed by atoms with Gasteiger partial charge in [-0.15, -0.1) is 0 Å². The summed E-state index contributed by atoms with van der Waals surface area (Å²) in [6.45, 7) is 4.46. The van der Waals surface area contributed by atoms with E-state index in [2.05, 4.69) is 22.2 Å². The van der Waals surface area contributed by atoms with Crippen molar-refractivity contribution < 1.29 is 4.74 Å². The van der Waals surface area contributed by atoms with Crippen LogP contribution in [0.15, 0.2) is 4.99 Å². The van der Waals surface area contributed by atoms with E-state index >= 15 is 0 Å². The Labute approximate surface area is 95.4 Å². The molecule has 1 atom stereocenters. The molecule has 0 bridgehead atoms. The molecule has 1 aliphatic heterocycles. The van der Waals surface area contributed by atoms with Gasteiger partial charge in [0.25, 0.3) is 0 Å². The first kappa shape index (κ1) is 12.6. The lowest BCUT2D eigenvalue weighted by Crippen LogP contribution is -2.52. The minimum Gasteiger partial charge on any atom is -0.383 e. The quantitative estimate of drug-likeness (QED) is 0.234. The molecule has 1 unspecified atom stereocenters. The molecule has 88 valence electrons. The molecule has 0 aromatic rings. The molecule has 5 nitrogen and oxygen atoms in total. The van der Waals surface area contributed by atoms with Crippen LogP contribution >= 0.6 is 11.8 Å². The number of hydrogen-bond donors (Lipinski definition) is 2. The number of methoxy groups -OCH3 is 1. The van der Waals surface area contributed by atoms with Crippen LogP contribution in [-0.2, 0) is 4.74 Å². The van der Waals surface area contributed by atoms with Crippen LogP contribution in [0.3, 0.4) is 0 Å². The largest absolute Gasteiger partial charge is 0.383 e. The highest BCUT2D eigenvalue weighted by Gasteiger charge is 2.21. The molecule has 1 heterocycles. The number of nitrogens with one attached hydrogen (secondary N) is 1. The maximum Gasteiger partial charge on any atom is 0.208 e. The van der Waals surface area contributed by atoms with Crippen LogP contribution in [0, 0.1) is 0 Å². The van der Waals surface area contributed by atoms with Gasteiger partial charge in [0.15, 0.2) is 0 Å². The number of hydrazine groups is 1. The zero-order valence-electron chi connectivity index (χ0n) is 9.40. The number of rotatable bonds is 3. The molecule has 0 spiro atoms. The Balaban J connectivity index is 2.51. The fraction of sp³-hybridized carbons (Fsp3) is 0.889. The molecule has 1 saturated heterocycles. The van der Waals surface area contributed by atoms with Gasteiger partial charge in [-0.05, 0) is 6.92 Å². The van der Waals surface area contributed by atoms with Gasteiger partial charge in [-0.3, -0.25) is 5.43 Å². The Hall–Kier alpha value is -0.460. The molecule has 0 aromatic heterocycles. The lowest BCUT2D eigenvalue weighted by Gasteiger charge is -2.35. The number of nitrogens with zero attached hydrogens (tertiary/aromatic N) is 2. The highest BCUT2D eigenvalue weighted by Crippen LogP contribution is 2.15. The topological polar surface area (TPSA) is 62.9 Å². The van der Waals surface area contributed by atoms with Gasteiger partial charge < -0.3 is 9.64 Å². The van der Waals surface area contributed by atoms with Crippen LogP contribution in [0.5, 0.6) is 0 Å². The first-order valence-corrected chi connectivity index (χ1v) is 6.29. The Morgan fingerprint density at radius 1 is 1.73 bits per heavy atom. The molecule has 1 aliphatic rings. The average Bonchev–Trinajstić information content (AvgIpc) is 2.26. The van der Waals surface area contributed by atoms with Crippen molar-refractivity contribution in [3.63, 3.8) is 0 Å². The number of aliphatic imine (C=N–C) groups is 1. The van der Waals surface area contributed by atoms with E-state index in [4.69, 9.17) is 10.6 Å². The number of ether oxygens (including phenoxy) is 1. The SMILES string of the molecule is COCCN=C(NN)N1CCSCC1C. The van der Waals surface area contributed by atoms with Crippen molar-refractivity contribution >= 4 is 17.7 Å². The van der Waals surface area contributed by atoms with Gasteiger partial charge in [-0.1, -0.05) is 0 Å². The van der Waals surface area contributed by atoms with Gasteiger partial charge in [0.05, 0.1) is 13.2 Å². The predicted octanol–water partition coefficient (Wildman–Crippen LogP) is -0.111. The third-order valence-corrected chi connectivity index (χ3v) is 3.52. The molecule has 0 aliphatic carbocycles. The summed E-state index contributed by atoms with van der Waals surface area (Å²) in [7, 11) is 1.67. The summed E-state index contributed by atoms with van der Waals surface area (Å²) in [5.41, 5.74) is 2.67. The number of nitrogens with two attached hydrogens (primary N) is 1. The van der Waals surface area contributed by atoms with Gasteiger partial charge in [0.2, 0.25) is 5.96 Å².